The van der Waals surface area contributed by atoms with Crippen LogP contribution in [0.5, 0.6) is 11.5 Å². The van der Waals surface area contributed by atoms with Crippen LogP contribution in [0, 0.1) is 6.92 Å². The molecule has 0 saturated heterocycles. The van der Waals surface area contributed by atoms with Crippen molar-refractivity contribution in [2.24, 2.45) is 0 Å². The maximum absolute atomic E-state index is 13.4. The van der Waals surface area contributed by atoms with Gasteiger partial charge < -0.3 is 24.0 Å². The molecular formula is C25H35ClN2O5S. The number of hydrogen-bond acceptors (Lipinski definition) is 6. The molecule has 0 fully saturated rings. The summed E-state index contributed by atoms with van der Waals surface area (Å²) in [7, 11) is 4.81. The summed E-state index contributed by atoms with van der Waals surface area (Å²) < 4.78 is 15.8. The van der Waals surface area contributed by atoms with Gasteiger partial charge in [-0.2, -0.15) is 0 Å². The van der Waals surface area contributed by atoms with Crippen LogP contribution in [0.2, 0.25) is 0 Å². The second-order valence-electron chi connectivity index (χ2n) is 8.00. The van der Waals surface area contributed by atoms with E-state index in [4.69, 9.17) is 25.8 Å². The molecule has 34 heavy (non-hydrogen) atoms. The van der Waals surface area contributed by atoms with E-state index in [1.54, 1.807) is 39.6 Å². The maximum Gasteiger partial charge on any atom is 0.242 e. The maximum atomic E-state index is 13.4. The zero-order valence-electron chi connectivity index (χ0n) is 20.6. The highest BCUT2D eigenvalue weighted by Gasteiger charge is 2.24. The molecule has 9 heteroatoms. The number of carbonyl (C=O) groups is 2. The molecule has 2 aromatic rings. The summed E-state index contributed by atoms with van der Waals surface area (Å²) in [5.41, 5.74) is 2.18. The SMILES string of the molecule is COCCCN(CC(=O)N(CCc1ccc(OC)c(OC)c1)Cc1sccc1C)C(=O)C(C)Cl. The molecule has 1 heterocycles. The van der Waals surface area contributed by atoms with Crippen molar-refractivity contribution in [3.8, 4) is 11.5 Å². The topological polar surface area (TPSA) is 68.3 Å². The third-order valence-corrected chi connectivity index (χ3v) is 6.72. The Labute approximate surface area is 211 Å². The number of nitrogens with zero attached hydrogens (tertiary/aromatic N) is 2. The fourth-order valence-corrected chi connectivity index (χ4v) is 4.57. The van der Waals surface area contributed by atoms with Crippen molar-refractivity contribution >= 4 is 34.8 Å². The van der Waals surface area contributed by atoms with Crippen LogP contribution >= 0.6 is 22.9 Å². The van der Waals surface area contributed by atoms with Crippen LogP contribution in [0.4, 0.5) is 0 Å². The molecule has 0 saturated carbocycles. The predicted molar refractivity (Wildman–Crippen MR) is 136 cm³/mol. The number of benzene rings is 1. The summed E-state index contributed by atoms with van der Waals surface area (Å²) >= 11 is 7.69. The van der Waals surface area contributed by atoms with Crippen molar-refractivity contribution in [1.82, 2.24) is 9.80 Å². The van der Waals surface area contributed by atoms with Gasteiger partial charge >= 0.3 is 0 Å². The molecule has 1 atom stereocenters. The van der Waals surface area contributed by atoms with E-state index < -0.39 is 5.38 Å². The van der Waals surface area contributed by atoms with Crippen molar-refractivity contribution in [2.75, 3.05) is 47.6 Å². The minimum atomic E-state index is -0.699. The number of thiophene rings is 1. The summed E-state index contributed by atoms with van der Waals surface area (Å²) in [5, 5.41) is 1.33. The second-order valence-corrected chi connectivity index (χ2v) is 9.66. The average molecular weight is 511 g/mol. The lowest BCUT2D eigenvalue weighted by Crippen LogP contribution is -2.45. The predicted octanol–water partition coefficient (Wildman–Crippen LogP) is 4.14. The number of rotatable bonds is 14. The van der Waals surface area contributed by atoms with Gasteiger partial charge in [0.1, 0.15) is 5.38 Å². The van der Waals surface area contributed by atoms with E-state index in [1.165, 1.54) is 4.90 Å². The van der Waals surface area contributed by atoms with Crippen LogP contribution in [0.15, 0.2) is 29.6 Å². The lowest BCUT2D eigenvalue weighted by atomic mass is 10.1. The van der Waals surface area contributed by atoms with E-state index in [1.807, 2.05) is 41.5 Å². The molecule has 188 valence electrons. The summed E-state index contributed by atoms with van der Waals surface area (Å²) in [4.78, 5) is 30.5. The fraction of sp³-hybridized carbons (Fsp3) is 0.520. The number of methoxy groups -OCH3 is 3. The van der Waals surface area contributed by atoms with Crippen LogP contribution in [0.1, 0.15) is 29.3 Å². The molecule has 0 N–H and O–H groups in total. The standard InChI is InChI=1S/C25H35ClN2O5S/c1-18-10-14-34-23(18)16-27(12-9-20-7-8-21(32-4)22(15-20)33-5)24(29)17-28(11-6-13-31-3)25(30)19(2)26/h7-8,10,14-15,19H,6,9,11-13,16-17H2,1-5H3. The molecule has 1 aromatic carbocycles. The number of halogens is 1. The normalized spacial score (nSPS) is 11.7. The molecule has 1 aromatic heterocycles. The Morgan fingerprint density at radius 3 is 2.38 bits per heavy atom. The fourth-order valence-electron chi connectivity index (χ4n) is 3.51. The summed E-state index contributed by atoms with van der Waals surface area (Å²) in [6.45, 7) is 5.56. The molecule has 2 rings (SSSR count). The quantitative estimate of drug-likeness (QED) is 0.282. The van der Waals surface area contributed by atoms with Crippen LogP contribution in [0.3, 0.4) is 0 Å². The van der Waals surface area contributed by atoms with Crippen molar-refractivity contribution in [3.05, 3.63) is 45.6 Å². The monoisotopic (exact) mass is 510 g/mol. The molecule has 0 spiro atoms. The summed E-state index contributed by atoms with van der Waals surface area (Å²) in [6, 6.07) is 7.80. The third-order valence-electron chi connectivity index (χ3n) is 5.53. The number of carbonyl (C=O) groups excluding carboxylic acids is 2. The first-order valence-corrected chi connectivity index (χ1v) is 12.6. The lowest BCUT2D eigenvalue weighted by Gasteiger charge is -2.28. The smallest absolute Gasteiger partial charge is 0.242 e. The van der Waals surface area contributed by atoms with Gasteiger partial charge in [-0.1, -0.05) is 6.07 Å². The molecule has 1 unspecified atom stereocenters. The first-order valence-electron chi connectivity index (χ1n) is 11.2. The third kappa shape index (κ3) is 8.18. The Hall–Kier alpha value is -2.29. The minimum absolute atomic E-state index is 0.0179. The molecule has 0 aliphatic rings. The van der Waals surface area contributed by atoms with Crippen molar-refractivity contribution in [2.45, 2.75) is 38.6 Å². The minimum Gasteiger partial charge on any atom is -0.493 e. The number of amides is 2. The zero-order chi connectivity index (χ0) is 25.1. The summed E-state index contributed by atoms with van der Waals surface area (Å²) in [6.07, 6.45) is 1.27. The Kier molecular flexibility index (Phi) is 11.7. The molecule has 0 radical (unpaired) electrons. The second kappa shape index (κ2) is 14.2. The first-order chi connectivity index (χ1) is 16.3. The Morgan fingerprint density at radius 1 is 1.06 bits per heavy atom. The van der Waals surface area contributed by atoms with Gasteiger partial charge in [0, 0.05) is 31.7 Å². The highest BCUT2D eigenvalue weighted by Crippen LogP contribution is 2.28. The highest BCUT2D eigenvalue weighted by atomic mass is 35.5. The van der Waals surface area contributed by atoms with Crippen LogP contribution < -0.4 is 9.47 Å². The molecular weight excluding hydrogens is 476 g/mol. The van der Waals surface area contributed by atoms with Crippen LogP contribution in [-0.4, -0.2) is 74.6 Å². The van der Waals surface area contributed by atoms with Gasteiger partial charge in [-0.25, -0.2) is 0 Å². The van der Waals surface area contributed by atoms with Gasteiger partial charge in [0.15, 0.2) is 11.5 Å². The van der Waals surface area contributed by atoms with Gasteiger partial charge in [-0.3, -0.25) is 9.59 Å². The van der Waals surface area contributed by atoms with Gasteiger partial charge in [0.25, 0.3) is 0 Å². The van der Waals surface area contributed by atoms with Gasteiger partial charge in [-0.05, 0) is 61.4 Å². The molecule has 0 bridgehead atoms. The Morgan fingerprint density at radius 2 is 1.79 bits per heavy atom. The van der Waals surface area contributed by atoms with Gasteiger partial charge in [0.05, 0.1) is 27.3 Å². The Bertz CT molecular complexity index is 934. The van der Waals surface area contributed by atoms with E-state index in [0.717, 1.165) is 16.0 Å². The molecule has 0 aliphatic heterocycles. The number of ether oxygens (including phenoxy) is 3. The van der Waals surface area contributed by atoms with E-state index >= 15 is 0 Å². The first kappa shape index (κ1) is 28.0. The number of aryl methyl sites for hydroxylation is 1. The van der Waals surface area contributed by atoms with E-state index in [-0.39, 0.29) is 18.4 Å². The highest BCUT2D eigenvalue weighted by molar-refractivity contribution is 7.10. The average Bonchev–Trinajstić information content (AvgIpc) is 3.24. The van der Waals surface area contributed by atoms with Crippen LogP contribution in [0.25, 0.3) is 0 Å². The zero-order valence-corrected chi connectivity index (χ0v) is 22.2. The molecule has 0 aliphatic carbocycles. The van der Waals surface area contributed by atoms with Crippen molar-refractivity contribution < 1.29 is 23.8 Å². The van der Waals surface area contributed by atoms with Gasteiger partial charge in [-0.15, -0.1) is 22.9 Å². The van der Waals surface area contributed by atoms with Gasteiger partial charge in [0.2, 0.25) is 11.8 Å². The number of alkyl halides is 1. The van der Waals surface area contributed by atoms with E-state index in [2.05, 4.69) is 0 Å². The summed E-state index contributed by atoms with van der Waals surface area (Å²) in [5.74, 6) is 0.946. The van der Waals surface area contributed by atoms with Crippen molar-refractivity contribution in [1.29, 1.82) is 0 Å². The van der Waals surface area contributed by atoms with E-state index in [0.29, 0.717) is 50.6 Å². The molecule has 7 nitrogen and oxygen atoms in total. The Balaban J connectivity index is 2.18. The lowest BCUT2D eigenvalue weighted by molar-refractivity contribution is -0.140. The number of hydrogen-bond donors (Lipinski definition) is 0. The van der Waals surface area contributed by atoms with Crippen LogP contribution in [-0.2, 0) is 27.3 Å². The van der Waals surface area contributed by atoms with E-state index in [9.17, 15) is 9.59 Å². The largest absolute Gasteiger partial charge is 0.493 e. The molecule has 2 amide bonds. The van der Waals surface area contributed by atoms with Crippen molar-refractivity contribution in [3.63, 3.8) is 0 Å².